The molecule has 0 aliphatic carbocycles. The number of aromatic nitrogens is 1. The number of hydrogen-bond acceptors (Lipinski definition) is 3. The Morgan fingerprint density at radius 2 is 2.11 bits per heavy atom. The van der Waals surface area contributed by atoms with Crippen LogP contribution in [0.15, 0.2) is 46.6 Å². The first-order valence-electron chi connectivity index (χ1n) is 6.11. The first-order chi connectivity index (χ1) is 9.15. The summed E-state index contributed by atoms with van der Waals surface area (Å²) in [6.07, 6.45) is 0. The van der Waals surface area contributed by atoms with Gasteiger partial charge in [0.25, 0.3) is 5.56 Å². The van der Waals surface area contributed by atoms with Crippen LogP contribution < -0.4 is 11.3 Å². The minimum absolute atomic E-state index is 0.0125. The lowest BCUT2D eigenvalue weighted by molar-refractivity contribution is 0.820. The van der Waals surface area contributed by atoms with Crippen molar-refractivity contribution in [2.45, 2.75) is 13.0 Å². The van der Waals surface area contributed by atoms with Gasteiger partial charge in [-0.3, -0.25) is 4.79 Å². The predicted molar refractivity (Wildman–Crippen MR) is 80.5 cm³/mol. The van der Waals surface area contributed by atoms with Crippen LogP contribution in [0.25, 0.3) is 21.3 Å². The van der Waals surface area contributed by atoms with Gasteiger partial charge in [-0.15, -0.1) is 11.3 Å². The van der Waals surface area contributed by atoms with E-state index in [0.29, 0.717) is 5.56 Å². The van der Waals surface area contributed by atoms with Crippen molar-refractivity contribution in [1.82, 2.24) is 4.98 Å². The zero-order valence-electron chi connectivity index (χ0n) is 10.5. The molecule has 2 heterocycles. The second kappa shape index (κ2) is 4.64. The number of fused-ring (bicyclic) bond motifs is 1. The van der Waals surface area contributed by atoms with Crippen molar-refractivity contribution >= 4 is 22.2 Å². The van der Waals surface area contributed by atoms with E-state index in [1.807, 2.05) is 48.7 Å². The molecule has 0 fully saturated rings. The van der Waals surface area contributed by atoms with E-state index in [-0.39, 0.29) is 11.6 Å². The molecule has 0 radical (unpaired) electrons. The highest BCUT2D eigenvalue weighted by molar-refractivity contribution is 7.13. The van der Waals surface area contributed by atoms with E-state index in [2.05, 4.69) is 4.98 Å². The molecule has 1 unspecified atom stereocenters. The van der Waals surface area contributed by atoms with Gasteiger partial charge in [0.2, 0.25) is 0 Å². The summed E-state index contributed by atoms with van der Waals surface area (Å²) in [5.41, 5.74) is 8.47. The van der Waals surface area contributed by atoms with Crippen LogP contribution in [0, 0.1) is 0 Å². The summed E-state index contributed by atoms with van der Waals surface area (Å²) in [5.74, 6) is 0. The highest BCUT2D eigenvalue weighted by Gasteiger charge is 2.08. The van der Waals surface area contributed by atoms with Gasteiger partial charge in [-0.2, -0.15) is 0 Å². The van der Waals surface area contributed by atoms with Crippen LogP contribution in [-0.4, -0.2) is 4.98 Å². The molecular formula is C15H14N2OS. The van der Waals surface area contributed by atoms with Crippen molar-refractivity contribution < 1.29 is 0 Å². The lowest BCUT2D eigenvalue weighted by Crippen LogP contribution is -2.09. The third-order valence-electron chi connectivity index (χ3n) is 3.18. The Hall–Kier alpha value is -1.91. The monoisotopic (exact) mass is 270 g/mol. The summed E-state index contributed by atoms with van der Waals surface area (Å²) < 4.78 is 0. The maximum Gasteiger partial charge on any atom is 0.257 e. The largest absolute Gasteiger partial charge is 0.324 e. The quantitative estimate of drug-likeness (QED) is 0.750. The Kier molecular flexibility index (Phi) is 2.97. The van der Waals surface area contributed by atoms with Gasteiger partial charge in [0.15, 0.2) is 0 Å². The third kappa shape index (κ3) is 2.20. The van der Waals surface area contributed by atoms with E-state index in [4.69, 9.17) is 5.73 Å². The van der Waals surface area contributed by atoms with Gasteiger partial charge in [-0.1, -0.05) is 12.1 Å². The van der Waals surface area contributed by atoms with Gasteiger partial charge in [-0.05, 0) is 47.5 Å². The zero-order valence-corrected chi connectivity index (χ0v) is 11.3. The molecule has 0 saturated carbocycles. The number of benzene rings is 1. The lowest BCUT2D eigenvalue weighted by Gasteiger charge is -2.07. The number of nitrogens with one attached hydrogen (secondary N) is 1. The molecule has 2 aromatic heterocycles. The number of pyridine rings is 1. The molecule has 19 heavy (non-hydrogen) atoms. The summed E-state index contributed by atoms with van der Waals surface area (Å²) >= 11 is 1.56. The van der Waals surface area contributed by atoms with Crippen molar-refractivity contribution in [2.75, 3.05) is 0 Å². The van der Waals surface area contributed by atoms with Gasteiger partial charge in [0.05, 0.1) is 5.56 Å². The minimum atomic E-state index is -0.0523. The molecule has 3 N–H and O–H groups in total. The van der Waals surface area contributed by atoms with Crippen LogP contribution in [0.2, 0.25) is 0 Å². The van der Waals surface area contributed by atoms with Gasteiger partial charge >= 0.3 is 0 Å². The lowest BCUT2D eigenvalue weighted by atomic mass is 10.0. The molecule has 3 rings (SSSR count). The first-order valence-corrected chi connectivity index (χ1v) is 6.99. The summed E-state index contributed by atoms with van der Waals surface area (Å²) in [6, 6.07) is 11.7. The molecule has 0 aliphatic heterocycles. The molecule has 4 heteroatoms. The summed E-state index contributed by atoms with van der Waals surface area (Å²) in [5, 5.41) is 2.98. The fourth-order valence-corrected chi connectivity index (χ4v) is 2.86. The summed E-state index contributed by atoms with van der Waals surface area (Å²) in [6.45, 7) is 1.95. The Bertz CT molecular complexity index is 772. The molecule has 96 valence electrons. The summed E-state index contributed by atoms with van der Waals surface area (Å²) in [4.78, 5) is 16.0. The molecule has 1 atom stereocenters. The van der Waals surface area contributed by atoms with Crippen LogP contribution >= 0.6 is 11.3 Å². The number of H-pyrrole nitrogens is 1. The Morgan fingerprint density at radius 1 is 1.26 bits per heavy atom. The van der Waals surface area contributed by atoms with Crippen molar-refractivity contribution in [3.63, 3.8) is 0 Å². The number of thiophene rings is 1. The molecule has 1 aromatic carbocycles. The van der Waals surface area contributed by atoms with Crippen LogP contribution in [0.4, 0.5) is 0 Å². The third-order valence-corrected chi connectivity index (χ3v) is 4.08. The number of rotatable bonds is 2. The van der Waals surface area contributed by atoms with Crippen LogP contribution in [-0.2, 0) is 0 Å². The molecule has 0 spiro atoms. The van der Waals surface area contributed by atoms with E-state index in [0.717, 1.165) is 21.3 Å². The van der Waals surface area contributed by atoms with Crippen molar-refractivity contribution in [1.29, 1.82) is 0 Å². The maximum atomic E-state index is 12.1. The molecule has 0 amide bonds. The Morgan fingerprint density at radius 3 is 2.79 bits per heavy atom. The predicted octanol–water partition coefficient (Wildman–Crippen LogP) is 3.28. The minimum Gasteiger partial charge on any atom is -0.324 e. The fourth-order valence-electron chi connectivity index (χ4n) is 2.12. The van der Waals surface area contributed by atoms with Gasteiger partial charge in [0, 0.05) is 16.4 Å². The average molecular weight is 270 g/mol. The van der Waals surface area contributed by atoms with E-state index in [1.165, 1.54) is 0 Å². The van der Waals surface area contributed by atoms with E-state index < -0.39 is 0 Å². The van der Waals surface area contributed by atoms with Crippen molar-refractivity contribution in [3.05, 3.63) is 57.7 Å². The normalized spacial score (nSPS) is 12.7. The van der Waals surface area contributed by atoms with E-state index in [9.17, 15) is 4.79 Å². The second-order valence-corrected chi connectivity index (χ2v) is 5.57. The van der Waals surface area contributed by atoms with Crippen molar-refractivity contribution in [3.8, 4) is 10.4 Å². The van der Waals surface area contributed by atoms with Crippen LogP contribution in [0.3, 0.4) is 0 Å². The molecule has 3 nitrogen and oxygen atoms in total. The smallest absolute Gasteiger partial charge is 0.257 e. The molecule has 0 aliphatic rings. The zero-order chi connectivity index (χ0) is 13.4. The highest BCUT2D eigenvalue weighted by atomic mass is 32.1. The maximum absolute atomic E-state index is 12.1. The average Bonchev–Trinajstić information content (AvgIpc) is 2.91. The Labute approximate surface area is 114 Å². The fraction of sp³-hybridized carbons (Fsp3) is 0.133. The van der Waals surface area contributed by atoms with E-state index >= 15 is 0 Å². The van der Waals surface area contributed by atoms with Gasteiger partial charge in [-0.25, -0.2) is 0 Å². The van der Waals surface area contributed by atoms with Crippen LogP contribution in [0.5, 0.6) is 0 Å². The van der Waals surface area contributed by atoms with Crippen LogP contribution in [0.1, 0.15) is 18.5 Å². The van der Waals surface area contributed by atoms with Crippen molar-refractivity contribution in [2.24, 2.45) is 5.73 Å². The number of hydrogen-bond donors (Lipinski definition) is 2. The molecular weight excluding hydrogens is 256 g/mol. The van der Waals surface area contributed by atoms with Gasteiger partial charge in [0.1, 0.15) is 0 Å². The number of aromatic amines is 1. The number of nitrogens with two attached hydrogens (primary N) is 1. The van der Waals surface area contributed by atoms with E-state index in [1.54, 1.807) is 11.3 Å². The first kappa shape index (κ1) is 12.1. The second-order valence-electron chi connectivity index (χ2n) is 4.62. The standard InChI is InChI=1S/C15H14N2OS/c1-9(16)10-4-5-13-11(7-10)8-12(15(18)17-13)14-3-2-6-19-14/h2-9H,16H2,1H3,(H,17,18). The molecule has 0 saturated heterocycles. The van der Waals surface area contributed by atoms with Gasteiger partial charge < -0.3 is 10.7 Å². The molecule has 0 bridgehead atoms. The SMILES string of the molecule is CC(N)c1ccc2[nH]c(=O)c(-c3cccs3)cc2c1. The Balaban J connectivity index is 2.25. The molecule has 3 aromatic rings. The summed E-state index contributed by atoms with van der Waals surface area (Å²) in [7, 11) is 0. The highest BCUT2D eigenvalue weighted by Crippen LogP contribution is 2.25. The topological polar surface area (TPSA) is 58.9 Å².